The van der Waals surface area contributed by atoms with Crippen molar-refractivity contribution in [2.45, 2.75) is 4.34 Å². The van der Waals surface area contributed by atoms with Crippen molar-refractivity contribution in [2.24, 2.45) is 5.14 Å². The fourth-order valence-corrected chi connectivity index (χ4v) is 3.67. The summed E-state index contributed by atoms with van der Waals surface area (Å²) in [7, 11) is -3.88. The molecule has 0 radical (unpaired) electrons. The summed E-state index contributed by atoms with van der Waals surface area (Å²) in [4.78, 5) is 16.6. The normalized spacial score (nSPS) is 12.2. The molecule has 23 heavy (non-hydrogen) atoms. The minimum atomic E-state index is -3.88. The molecule has 0 spiro atoms. The highest BCUT2D eigenvalue weighted by atomic mass is 32.2. The Bertz CT molecular complexity index is 1190. The van der Waals surface area contributed by atoms with Crippen LogP contribution in [-0.2, 0) is 10.0 Å². The molecule has 10 heteroatoms. The minimum Gasteiger partial charge on any atom is -0.422 e. The van der Waals surface area contributed by atoms with E-state index in [-0.39, 0.29) is 9.90 Å². The maximum absolute atomic E-state index is 12.1. The summed E-state index contributed by atoms with van der Waals surface area (Å²) in [6, 6.07) is 8.80. The molecule has 0 atom stereocenters. The van der Waals surface area contributed by atoms with E-state index in [1.807, 2.05) is 12.1 Å². The van der Waals surface area contributed by atoms with Crippen molar-refractivity contribution in [2.75, 3.05) is 0 Å². The van der Waals surface area contributed by atoms with Crippen LogP contribution < -0.4 is 10.8 Å². The van der Waals surface area contributed by atoms with E-state index in [9.17, 15) is 13.2 Å². The van der Waals surface area contributed by atoms with Crippen LogP contribution in [0.2, 0.25) is 0 Å². The first-order chi connectivity index (χ1) is 10.9. The Morgan fingerprint density at radius 1 is 1.26 bits per heavy atom. The Labute approximate surface area is 132 Å². The number of para-hydroxylation sites is 1. The molecule has 2 N–H and O–H groups in total. The molecule has 8 nitrogen and oxygen atoms in total. The van der Waals surface area contributed by atoms with Gasteiger partial charge in [0, 0.05) is 5.39 Å². The highest BCUT2D eigenvalue weighted by Gasteiger charge is 2.18. The van der Waals surface area contributed by atoms with E-state index in [1.54, 1.807) is 18.2 Å². The molecular weight excluding hydrogens is 340 g/mol. The van der Waals surface area contributed by atoms with Gasteiger partial charge in [0.25, 0.3) is 10.0 Å². The van der Waals surface area contributed by atoms with E-state index in [4.69, 9.17) is 9.56 Å². The molecular formula is C13H8N4O4S2. The van der Waals surface area contributed by atoms with Crippen LogP contribution in [0.4, 0.5) is 0 Å². The number of imidazole rings is 1. The van der Waals surface area contributed by atoms with E-state index in [1.165, 1.54) is 10.7 Å². The predicted molar refractivity (Wildman–Crippen MR) is 83.7 cm³/mol. The Morgan fingerprint density at radius 2 is 2.04 bits per heavy atom. The van der Waals surface area contributed by atoms with Crippen molar-refractivity contribution in [1.82, 2.24) is 14.6 Å². The lowest BCUT2D eigenvalue weighted by molar-refractivity contribution is 0.563. The topological polar surface area (TPSA) is 121 Å². The molecule has 0 saturated carbocycles. The van der Waals surface area contributed by atoms with Crippen LogP contribution in [0.3, 0.4) is 0 Å². The lowest BCUT2D eigenvalue weighted by Gasteiger charge is -1.98. The molecule has 0 aliphatic heterocycles. The SMILES string of the molecule is NS(=O)(=O)c1nn2cc(-c3cc4ccccc4oc3=O)nc2s1. The Hall–Kier alpha value is -2.56. The second kappa shape index (κ2) is 4.72. The summed E-state index contributed by atoms with van der Waals surface area (Å²) in [6.07, 6.45) is 1.46. The monoisotopic (exact) mass is 348 g/mol. The fraction of sp³-hybridized carbons (Fsp3) is 0. The summed E-state index contributed by atoms with van der Waals surface area (Å²) in [5.74, 6) is 0. The average molecular weight is 348 g/mol. The first-order valence-electron chi connectivity index (χ1n) is 6.34. The molecule has 3 aromatic heterocycles. The van der Waals surface area contributed by atoms with Gasteiger partial charge in [-0.3, -0.25) is 0 Å². The van der Waals surface area contributed by atoms with Crippen molar-refractivity contribution in [3.05, 3.63) is 46.9 Å². The molecule has 0 aliphatic rings. The molecule has 4 aromatic rings. The van der Waals surface area contributed by atoms with E-state index in [0.29, 0.717) is 16.2 Å². The Balaban J connectivity index is 1.90. The van der Waals surface area contributed by atoms with E-state index in [0.717, 1.165) is 16.7 Å². The van der Waals surface area contributed by atoms with E-state index in [2.05, 4.69) is 10.1 Å². The Morgan fingerprint density at radius 3 is 2.78 bits per heavy atom. The highest BCUT2D eigenvalue weighted by Crippen LogP contribution is 2.24. The summed E-state index contributed by atoms with van der Waals surface area (Å²) >= 11 is 0.824. The van der Waals surface area contributed by atoms with Gasteiger partial charge in [-0.2, -0.15) is 0 Å². The summed E-state index contributed by atoms with van der Waals surface area (Å²) in [5, 5.41) is 9.64. The van der Waals surface area contributed by atoms with Crippen LogP contribution >= 0.6 is 11.3 Å². The fourth-order valence-electron chi connectivity index (χ4n) is 2.17. The van der Waals surface area contributed by atoms with Gasteiger partial charge in [-0.25, -0.2) is 27.9 Å². The van der Waals surface area contributed by atoms with Gasteiger partial charge in [-0.1, -0.05) is 29.5 Å². The lowest BCUT2D eigenvalue weighted by Crippen LogP contribution is -2.12. The van der Waals surface area contributed by atoms with Crippen molar-refractivity contribution in [3.63, 3.8) is 0 Å². The predicted octanol–water partition coefficient (Wildman–Crippen LogP) is 1.21. The molecule has 4 rings (SSSR count). The molecule has 116 valence electrons. The first-order valence-corrected chi connectivity index (χ1v) is 8.70. The number of hydrogen-bond acceptors (Lipinski definition) is 7. The molecule has 3 heterocycles. The van der Waals surface area contributed by atoms with E-state index >= 15 is 0 Å². The molecule has 0 saturated heterocycles. The number of benzene rings is 1. The van der Waals surface area contributed by atoms with Crippen molar-refractivity contribution in [3.8, 4) is 11.3 Å². The maximum atomic E-state index is 12.1. The molecule has 0 unspecified atom stereocenters. The molecule has 0 amide bonds. The van der Waals surface area contributed by atoms with Crippen LogP contribution in [0.25, 0.3) is 27.2 Å². The maximum Gasteiger partial charge on any atom is 0.345 e. The highest BCUT2D eigenvalue weighted by molar-refractivity contribution is 7.91. The summed E-state index contributed by atoms with van der Waals surface area (Å²) < 4.78 is 28.8. The molecule has 1 aromatic carbocycles. The van der Waals surface area contributed by atoms with Gasteiger partial charge >= 0.3 is 5.63 Å². The van der Waals surface area contributed by atoms with Gasteiger partial charge in [0.2, 0.25) is 9.30 Å². The van der Waals surface area contributed by atoms with Crippen LogP contribution in [0, 0.1) is 0 Å². The van der Waals surface area contributed by atoms with Gasteiger partial charge in [0.1, 0.15) is 5.58 Å². The third kappa shape index (κ3) is 2.32. The van der Waals surface area contributed by atoms with Gasteiger partial charge < -0.3 is 4.42 Å². The van der Waals surface area contributed by atoms with Gasteiger partial charge in [0.15, 0.2) is 0 Å². The number of aromatic nitrogens is 3. The second-order valence-electron chi connectivity index (χ2n) is 4.75. The van der Waals surface area contributed by atoms with E-state index < -0.39 is 15.6 Å². The zero-order chi connectivity index (χ0) is 16.2. The largest absolute Gasteiger partial charge is 0.422 e. The van der Waals surface area contributed by atoms with Crippen LogP contribution in [0.1, 0.15) is 0 Å². The van der Waals surface area contributed by atoms with Gasteiger partial charge in [0.05, 0.1) is 17.5 Å². The second-order valence-corrected chi connectivity index (χ2v) is 7.44. The number of nitrogens with two attached hydrogens (primary N) is 1. The Kier molecular flexibility index (Phi) is 2.88. The van der Waals surface area contributed by atoms with Crippen LogP contribution in [-0.4, -0.2) is 23.0 Å². The third-order valence-corrected chi connectivity index (χ3v) is 5.42. The van der Waals surface area contributed by atoms with Gasteiger partial charge in [-0.15, -0.1) is 5.10 Å². The van der Waals surface area contributed by atoms with Crippen molar-refractivity contribution in [1.29, 1.82) is 0 Å². The number of rotatable bonds is 2. The third-order valence-electron chi connectivity index (χ3n) is 3.19. The molecule has 0 aliphatic carbocycles. The van der Waals surface area contributed by atoms with Crippen LogP contribution in [0.5, 0.6) is 0 Å². The molecule has 0 fully saturated rings. The van der Waals surface area contributed by atoms with Crippen molar-refractivity contribution < 1.29 is 12.8 Å². The quantitative estimate of drug-likeness (QED) is 0.544. The summed E-state index contributed by atoms with van der Waals surface area (Å²) in [5.41, 5.74) is 0.584. The smallest absolute Gasteiger partial charge is 0.345 e. The standard InChI is InChI=1S/C13H8N4O4S2/c14-23(19,20)13-16-17-6-9(15-12(17)22-13)8-5-7-3-1-2-4-10(7)21-11(8)18/h1-6H,(H2,14,19,20). The minimum absolute atomic E-state index is 0.239. The van der Waals surface area contributed by atoms with Crippen LogP contribution in [0.15, 0.2) is 50.1 Å². The number of sulfonamides is 1. The number of hydrogen-bond donors (Lipinski definition) is 1. The zero-order valence-electron chi connectivity index (χ0n) is 11.3. The van der Waals surface area contributed by atoms with Gasteiger partial charge in [-0.05, 0) is 12.1 Å². The van der Waals surface area contributed by atoms with Crippen molar-refractivity contribution >= 4 is 37.3 Å². The zero-order valence-corrected chi connectivity index (χ0v) is 13.0. The first kappa shape index (κ1) is 14.1. The molecule has 0 bridgehead atoms. The summed E-state index contributed by atoms with van der Waals surface area (Å²) in [6.45, 7) is 0. The number of fused-ring (bicyclic) bond motifs is 2. The lowest BCUT2D eigenvalue weighted by atomic mass is 10.1. The number of primary sulfonamides is 1. The average Bonchev–Trinajstić information content (AvgIpc) is 3.04. The number of nitrogens with zero attached hydrogens (tertiary/aromatic N) is 3.